The summed E-state index contributed by atoms with van der Waals surface area (Å²) in [5.74, 6) is 1.65. The highest BCUT2D eigenvalue weighted by Crippen LogP contribution is 2.46. The number of nitrogens with zero attached hydrogens (tertiary/aromatic N) is 3. The van der Waals surface area contributed by atoms with Crippen LogP contribution >= 0.6 is 0 Å². The molecule has 0 atom stereocenters. The topological polar surface area (TPSA) is 53.0 Å². The van der Waals surface area contributed by atoms with E-state index in [1.165, 1.54) is 12.1 Å². The number of amidine groups is 1. The van der Waals surface area contributed by atoms with E-state index in [1.54, 1.807) is 12.1 Å². The molecule has 4 aliphatic rings. The van der Waals surface area contributed by atoms with E-state index in [2.05, 4.69) is 0 Å². The van der Waals surface area contributed by atoms with Crippen molar-refractivity contribution in [3.8, 4) is 11.1 Å². The SMILES string of the molecule is O=C(C1CC1)N1CCC(CN2C(=O)C3(CC3)N=C2c2ccc(-c3ccc(F)cc3)cc2)CC1. The van der Waals surface area contributed by atoms with Crippen LogP contribution in [0, 0.1) is 17.7 Å². The summed E-state index contributed by atoms with van der Waals surface area (Å²) in [6, 6.07) is 14.5. The van der Waals surface area contributed by atoms with Crippen LogP contribution in [0.2, 0.25) is 0 Å². The monoisotopic (exact) mass is 445 g/mol. The number of halogens is 1. The van der Waals surface area contributed by atoms with Gasteiger partial charge in [-0.15, -0.1) is 0 Å². The smallest absolute Gasteiger partial charge is 0.256 e. The lowest BCUT2D eigenvalue weighted by Gasteiger charge is -2.34. The minimum Gasteiger partial charge on any atom is -0.342 e. The first-order valence-electron chi connectivity index (χ1n) is 12.1. The van der Waals surface area contributed by atoms with E-state index >= 15 is 0 Å². The van der Waals surface area contributed by atoms with Crippen LogP contribution in [0.15, 0.2) is 53.5 Å². The zero-order valence-electron chi connectivity index (χ0n) is 18.7. The lowest BCUT2D eigenvalue weighted by molar-refractivity contribution is -0.134. The lowest BCUT2D eigenvalue weighted by Crippen LogP contribution is -2.45. The van der Waals surface area contributed by atoms with E-state index in [0.717, 1.165) is 74.1 Å². The molecule has 3 fully saturated rings. The van der Waals surface area contributed by atoms with E-state index in [-0.39, 0.29) is 17.6 Å². The molecule has 1 saturated heterocycles. The van der Waals surface area contributed by atoms with Crippen molar-refractivity contribution in [2.24, 2.45) is 16.8 Å². The van der Waals surface area contributed by atoms with E-state index in [1.807, 2.05) is 34.1 Å². The first-order chi connectivity index (χ1) is 16.0. The van der Waals surface area contributed by atoms with Crippen LogP contribution in [-0.2, 0) is 9.59 Å². The molecule has 2 aliphatic carbocycles. The normalized spacial score (nSPS) is 22.1. The van der Waals surface area contributed by atoms with Gasteiger partial charge in [-0.2, -0.15) is 0 Å². The van der Waals surface area contributed by atoms with Crippen LogP contribution in [0.25, 0.3) is 11.1 Å². The molecule has 5 nitrogen and oxygen atoms in total. The van der Waals surface area contributed by atoms with Crippen molar-refractivity contribution < 1.29 is 14.0 Å². The van der Waals surface area contributed by atoms with Crippen molar-refractivity contribution in [1.29, 1.82) is 0 Å². The number of carbonyl (C=O) groups is 2. The van der Waals surface area contributed by atoms with E-state index < -0.39 is 5.54 Å². The summed E-state index contributed by atoms with van der Waals surface area (Å²) in [7, 11) is 0. The second kappa shape index (κ2) is 7.79. The van der Waals surface area contributed by atoms with Gasteiger partial charge in [-0.1, -0.05) is 36.4 Å². The van der Waals surface area contributed by atoms with Crippen LogP contribution in [0.4, 0.5) is 4.39 Å². The Morgan fingerprint density at radius 3 is 2.06 bits per heavy atom. The maximum atomic E-state index is 13.2. The summed E-state index contributed by atoms with van der Waals surface area (Å²) in [6.07, 6.45) is 5.62. The zero-order valence-corrected chi connectivity index (χ0v) is 18.7. The van der Waals surface area contributed by atoms with Gasteiger partial charge in [0.1, 0.15) is 17.2 Å². The molecule has 0 unspecified atom stereocenters. The van der Waals surface area contributed by atoms with E-state index in [9.17, 15) is 14.0 Å². The van der Waals surface area contributed by atoms with Gasteiger partial charge in [0.2, 0.25) is 5.91 Å². The number of hydrogen-bond donors (Lipinski definition) is 0. The van der Waals surface area contributed by atoms with Crippen molar-refractivity contribution in [3.63, 3.8) is 0 Å². The number of piperidine rings is 1. The molecule has 2 amide bonds. The quantitative estimate of drug-likeness (QED) is 0.691. The van der Waals surface area contributed by atoms with E-state index in [4.69, 9.17) is 4.99 Å². The molecule has 6 rings (SSSR count). The Labute approximate surface area is 193 Å². The molecule has 0 aromatic heterocycles. The highest BCUT2D eigenvalue weighted by atomic mass is 19.1. The summed E-state index contributed by atoms with van der Waals surface area (Å²) in [4.78, 5) is 34.4. The van der Waals surface area contributed by atoms with Gasteiger partial charge in [0, 0.05) is 31.1 Å². The fourth-order valence-electron chi connectivity index (χ4n) is 5.13. The summed E-state index contributed by atoms with van der Waals surface area (Å²) >= 11 is 0. The molecule has 2 heterocycles. The average Bonchev–Trinajstić information content (AvgIpc) is 3.77. The van der Waals surface area contributed by atoms with Gasteiger partial charge in [-0.25, -0.2) is 4.39 Å². The maximum absolute atomic E-state index is 13.2. The van der Waals surface area contributed by atoms with Crippen LogP contribution in [-0.4, -0.2) is 52.6 Å². The fourth-order valence-corrected chi connectivity index (χ4v) is 5.13. The van der Waals surface area contributed by atoms with E-state index in [0.29, 0.717) is 18.4 Å². The lowest BCUT2D eigenvalue weighted by atomic mass is 9.95. The molecule has 2 saturated carbocycles. The predicted octanol–water partition coefficient (Wildman–Crippen LogP) is 4.26. The van der Waals surface area contributed by atoms with Gasteiger partial charge in [0.15, 0.2) is 0 Å². The maximum Gasteiger partial charge on any atom is 0.256 e. The zero-order chi connectivity index (χ0) is 22.6. The van der Waals surface area contributed by atoms with Gasteiger partial charge >= 0.3 is 0 Å². The number of carbonyl (C=O) groups excluding carboxylic acids is 2. The first-order valence-corrected chi connectivity index (χ1v) is 12.1. The number of likely N-dealkylation sites (tertiary alicyclic amines) is 1. The van der Waals surface area contributed by atoms with Crippen molar-refractivity contribution in [2.45, 2.75) is 44.1 Å². The second-order valence-electron chi connectivity index (χ2n) is 10.0. The van der Waals surface area contributed by atoms with Gasteiger partial charge in [0.25, 0.3) is 5.91 Å². The highest BCUT2D eigenvalue weighted by molar-refractivity contribution is 6.16. The number of aliphatic imine (C=N–C) groups is 1. The Bertz CT molecular complexity index is 1110. The molecule has 33 heavy (non-hydrogen) atoms. The Hall–Kier alpha value is -3.02. The van der Waals surface area contributed by atoms with Crippen LogP contribution in [0.5, 0.6) is 0 Å². The molecular formula is C27H28FN3O2. The molecule has 0 N–H and O–H groups in total. The Kier molecular flexibility index (Phi) is 4.86. The van der Waals surface area contributed by atoms with Gasteiger partial charge < -0.3 is 4.90 Å². The highest BCUT2D eigenvalue weighted by Gasteiger charge is 2.57. The number of rotatable bonds is 5. The van der Waals surface area contributed by atoms with Gasteiger partial charge in [0.05, 0.1) is 0 Å². The molecule has 0 bridgehead atoms. The molecular weight excluding hydrogens is 417 g/mol. The van der Waals surface area contributed by atoms with Crippen molar-refractivity contribution in [3.05, 3.63) is 59.9 Å². The van der Waals surface area contributed by atoms with Crippen molar-refractivity contribution in [2.75, 3.05) is 19.6 Å². The number of benzene rings is 2. The summed E-state index contributed by atoms with van der Waals surface area (Å²) in [6.45, 7) is 2.27. The molecule has 2 aromatic carbocycles. The molecule has 6 heteroatoms. The van der Waals surface area contributed by atoms with Crippen molar-refractivity contribution in [1.82, 2.24) is 9.80 Å². The second-order valence-corrected chi connectivity index (χ2v) is 10.0. The molecule has 170 valence electrons. The summed E-state index contributed by atoms with van der Waals surface area (Å²) < 4.78 is 13.2. The Morgan fingerprint density at radius 2 is 1.48 bits per heavy atom. The van der Waals surface area contributed by atoms with Crippen LogP contribution in [0.3, 0.4) is 0 Å². The standard InChI is InChI=1S/C27H28FN3O2/c28-23-9-7-20(8-10-23)19-1-3-21(4-2-19)24-29-27(13-14-27)26(33)31(24)17-18-11-15-30(16-12-18)25(32)22-5-6-22/h1-4,7-10,18,22H,5-6,11-17H2. The molecule has 2 aromatic rings. The van der Waals surface area contributed by atoms with Crippen LogP contribution in [0.1, 0.15) is 44.1 Å². The molecule has 2 aliphatic heterocycles. The molecule has 0 radical (unpaired) electrons. The van der Waals surface area contributed by atoms with Crippen LogP contribution < -0.4 is 0 Å². The number of hydrogen-bond acceptors (Lipinski definition) is 3. The summed E-state index contributed by atoms with van der Waals surface area (Å²) in [5.41, 5.74) is 2.37. The average molecular weight is 446 g/mol. The fraction of sp³-hybridized carbons (Fsp3) is 0.444. The minimum absolute atomic E-state index is 0.136. The Morgan fingerprint density at radius 1 is 0.909 bits per heavy atom. The molecule has 1 spiro atoms. The van der Waals surface area contributed by atoms with Gasteiger partial charge in [-0.3, -0.25) is 19.5 Å². The third-order valence-corrected chi connectivity index (χ3v) is 7.56. The van der Waals surface area contributed by atoms with Crippen molar-refractivity contribution >= 4 is 17.6 Å². The third kappa shape index (κ3) is 3.85. The Balaban J connectivity index is 1.17. The van der Waals surface area contributed by atoms with Gasteiger partial charge in [-0.05, 0) is 67.7 Å². The largest absolute Gasteiger partial charge is 0.342 e. The summed E-state index contributed by atoms with van der Waals surface area (Å²) in [5, 5.41) is 0. The first kappa shape index (κ1) is 20.6. The predicted molar refractivity (Wildman–Crippen MR) is 124 cm³/mol. The third-order valence-electron chi connectivity index (χ3n) is 7.56. The number of amides is 2. The minimum atomic E-state index is -0.534.